The number of nitriles is 2. The predicted octanol–water partition coefficient (Wildman–Crippen LogP) is 1.59. The third kappa shape index (κ3) is 2.62. The fourth-order valence-electron chi connectivity index (χ4n) is 0.962. The average molecular weight is 207 g/mol. The van der Waals surface area contributed by atoms with Crippen LogP contribution in [0.2, 0.25) is 5.15 Å². The van der Waals surface area contributed by atoms with Gasteiger partial charge in [-0.2, -0.15) is 10.5 Å². The molecule has 1 rings (SSSR count). The van der Waals surface area contributed by atoms with Gasteiger partial charge in [-0.15, -0.1) is 0 Å². The molecule has 0 N–H and O–H groups in total. The molecule has 70 valence electrons. The van der Waals surface area contributed by atoms with Crippen LogP contribution < -0.4 is 4.90 Å². The topological polar surface area (TPSA) is 63.7 Å². The highest BCUT2D eigenvalue weighted by Gasteiger charge is 2.06. The van der Waals surface area contributed by atoms with E-state index in [1.165, 1.54) is 0 Å². The standard InChI is InChI=1S/C9H7ClN4/c10-8-2-1-3-9(13-8)14(6-4-11)7-5-12/h1-3H,6-7H2. The second-order valence-corrected chi connectivity index (χ2v) is 2.88. The van der Waals surface area contributed by atoms with Crippen LogP contribution in [0, 0.1) is 22.7 Å². The third-order valence-electron chi connectivity index (χ3n) is 1.55. The van der Waals surface area contributed by atoms with Crippen LogP contribution in [-0.2, 0) is 0 Å². The highest BCUT2D eigenvalue weighted by atomic mass is 35.5. The molecule has 0 atom stereocenters. The molecule has 0 amide bonds. The molecule has 0 radical (unpaired) electrons. The number of aromatic nitrogens is 1. The van der Waals surface area contributed by atoms with Crippen LogP contribution in [-0.4, -0.2) is 18.1 Å². The van der Waals surface area contributed by atoms with Gasteiger partial charge in [0.1, 0.15) is 24.1 Å². The summed E-state index contributed by atoms with van der Waals surface area (Å²) in [5.41, 5.74) is 0. The second-order valence-electron chi connectivity index (χ2n) is 2.49. The van der Waals surface area contributed by atoms with Gasteiger partial charge in [0.2, 0.25) is 0 Å². The Hall–Kier alpha value is -1.78. The average Bonchev–Trinajstić information content (AvgIpc) is 2.17. The van der Waals surface area contributed by atoms with Gasteiger partial charge in [0, 0.05) is 0 Å². The molecule has 0 spiro atoms. The van der Waals surface area contributed by atoms with Gasteiger partial charge >= 0.3 is 0 Å². The van der Waals surface area contributed by atoms with Gasteiger partial charge in [-0.1, -0.05) is 17.7 Å². The van der Waals surface area contributed by atoms with Gasteiger partial charge in [-0.3, -0.25) is 0 Å². The van der Waals surface area contributed by atoms with E-state index in [0.29, 0.717) is 11.0 Å². The molecule has 1 heterocycles. The molecular weight excluding hydrogens is 200 g/mol. The van der Waals surface area contributed by atoms with E-state index < -0.39 is 0 Å². The van der Waals surface area contributed by atoms with Crippen LogP contribution in [0.4, 0.5) is 5.82 Å². The molecule has 0 bridgehead atoms. The molecule has 0 unspecified atom stereocenters. The summed E-state index contributed by atoms with van der Waals surface area (Å²) >= 11 is 5.69. The van der Waals surface area contributed by atoms with Crippen molar-refractivity contribution in [3.8, 4) is 12.1 Å². The van der Waals surface area contributed by atoms with Crippen LogP contribution >= 0.6 is 11.6 Å². The van der Waals surface area contributed by atoms with Crippen LogP contribution in [0.1, 0.15) is 0 Å². The Morgan fingerprint density at radius 2 is 1.93 bits per heavy atom. The summed E-state index contributed by atoms with van der Waals surface area (Å²) in [6.45, 7) is 0.252. The largest absolute Gasteiger partial charge is 0.330 e. The van der Waals surface area contributed by atoms with E-state index in [1.807, 2.05) is 12.1 Å². The van der Waals surface area contributed by atoms with Crippen molar-refractivity contribution in [3.05, 3.63) is 23.4 Å². The minimum absolute atomic E-state index is 0.126. The first-order valence-electron chi connectivity index (χ1n) is 3.89. The number of pyridine rings is 1. The number of halogens is 1. The molecule has 0 saturated heterocycles. The predicted molar refractivity (Wildman–Crippen MR) is 52.7 cm³/mol. The van der Waals surface area contributed by atoms with E-state index >= 15 is 0 Å². The molecule has 0 aliphatic rings. The lowest BCUT2D eigenvalue weighted by Crippen LogP contribution is -2.24. The lowest BCUT2D eigenvalue weighted by Gasteiger charge is -2.16. The molecule has 4 nitrogen and oxygen atoms in total. The summed E-state index contributed by atoms with van der Waals surface area (Å²) in [5.74, 6) is 0.542. The lowest BCUT2D eigenvalue weighted by atomic mass is 10.4. The van der Waals surface area contributed by atoms with Crippen molar-refractivity contribution in [2.45, 2.75) is 0 Å². The smallest absolute Gasteiger partial charge is 0.132 e. The van der Waals surface area contributed by atoms with Crippen LogP contribution in [0.15, 0.2) is 18.2 Å². The van der Waals surface area contributed by atoms with Crippen molar-refractivity contribution in [1.29, 1.82) is 10.5 Å². The normalized spacial score (nSPS) is 8.79. The Morgan fingerprint density at radius 3 is 2.43 bits per heavy atom. The molecule has 0 aromatic carbocycles. The number of nitrogens with zero attached hydrogens (tertiary/aromatic N) is 4. The van der Waals surface area contributed by atoms with E-state index in [0.717, 1.165) is 0 Å². The Labute approximate surface area is 87.0 Å². The van der Waals surface area contributed by atoms with Gasteiger partial charge in [-0.25, -0.2) is 4.98 Å². The second kappa shape index (κ2) is 5.06. The van der Waals surface area contributed by atoms with Crippen molar-refractivity contribution in [2.24, 2.45) is 0 Å². The quantitative estimate of drug-likeness (QED) is 0.557. The molecular formula is C9H7ClN4. The number of hydrogen-bond donors (Lipinski definition) is 0. The van der Waals surface area contributed by atoms with Crippen LogP contribution in [0.5, 0.6) is 0 Å². The van der Waals surface area contributed by atoms with Gasteiger partial charge in [-0.05, 0) is 12.1 Å². The van der Waals surface area contributed by atoms with E-state index in [9.17, 15) is 0 Å². The minimum atomic E-state index is 0.126. The first-order valence-corrected chi connectivity index (χ1v) is 4.27. The Balaban J connectivity index is 2.89. The molecule has 0 saturated carbocycles. The maximum Gasteiger partial charge on any atom is 0.132 e. The van der Waals surface area contributed by atoms with Crippen molar-refractivity contribution in [3.63, 3.8) is 0 Å². The monoisotopic (exact) mass is 206 g/mol. The van der Waals surface area contributed by atoms with Gasteiger partial charge < -0.3 is 4.90 Å². The molecule has 1 aromatic heterocycles. The number of rotatable bonds is 3. The van der Waals surface area contributed by atoms with E-state index in [2.05, 4.69) is 4.98 Å². The van der Waals surface area contributed by atoms with Crippen LogP contribution in [0.3, 0.4) is 0 Å². The van der Waals surface area contributed by atoms with Crippen molar-refractivity contribution >= 4 is 17.4 Å². The SMILES string of the molecule is N#CCN(CC#N)c1cccc(Cl)n1. The Kier molecular flexibility index (Phi) is 3.72. The fourth-order valence-corrected chi connectivity index (χ4v) is 1.12. The maximum absolute atomic E-state index is 8.53. The molecule has 14 heavy (non-hydrogen) atoms. The van der Waals surface area contributed by atoms with Crippen molar-refractivity contribution in [2.75, 3.05) is 18.0 Å². The first-order chi connectivity index (χ1) is 6.77. The van der Waals surface area contributed by atoms with Gasteiger partial charge in [0.05, 0.1) is 12.1 Å². The number of hydrogen-bond acceptors (Lipinski definition) is 4. The molecule has 0 aliphatic heterocycles. The first kappa shape index (κ1) is 10.3. The summed E-state index contributed by atoms with van der Waals surface area (Å²) in [6, 6.07) is 9.00. The van der Waals surface area contributed by atoms with Gasteiger partial charge in [0.15, 0.2) is 0 Å². The summed E-state index contributed by atoms with van der Waals surface area (Å²) in [4.78, 5) is 5.55. The maximum atomic E-state index is 8.53. The van der Waals surface area contributed by atoms with E-state index in [-0.39, 0.29) is 13.1 Å². The molecule has 0 fully saturated rings. The third-order valence-corrected chi connectivity index (χ3v) is 1.76. The fraction of sp³-hybridized carbons (Fsp3) is 0.222. The highest BCUT2D eigenvalue weighted by molar-refractivity contribution is 6.29. The van der Waals surface area contributed by atoms with E-state index in [1.54, 1.807) is 23.1 Å². The Bertz CT molecular complexity index is 375. The van der Waals surface area contributed by atoms with Crippen molar-refractivity contribution < 1.29 is 0 Å². The Morgan fingerprint density at radius 1 is 1.29 bits per heavy atom. The zero-order valence-electron chi connectivity index (χ0n) is 7.31. The van der Waals surface area contributed by atoms with Crippen molar-refractivity contribution in [1.82, 2.24) is 4.98 Å². The summed E-state index contributed by atoms with van der Waals surface area (Å²) in [5, 5.41) is 17.4. The lowest BCUT2D eigenvalue weighted by molar-refractivity contribution is 0.936. The molecule has 1 aromatic rings. The van der Waals surface area contributed by atoms with Crippen LogP contribution in [0.25, 0.3) is 0 Å². The zero-order valence-corrected chi connectivity index (χ0v) is 8.07. The van der Waals surface area contributed by atoms with Gasteiger partial charge in [0.25, 0.3) is 0 Å². The number of anilines is 1. The zero-order chi connectivity index (χ0) is 10.4. The molecule has 5 heteroatoms. The summed E-state index contributed by atoms with van der Waals surface area (Å²) in [6.07, 6.45) is 0. The summed E-state index contributed by atoms with van der Waals surface area (Å²) < 4.78 is 0. The molecule has 0 aliphatic carbocycles. The van der Waals surface area contributed by atoms with E-state index in [4.69, 9.17) is 22.1 Å². The highest BCUT2D eigenvalue weighted by Crippen LogP contribution is 2.13. The minimum Gasteiger partial charge on any atom is -0.330 e. The summed E-state index contributed by atoms with van der Waals surface area (Å²) in [7, 11) is 0.